The lowest BCUT2D eigenvalue weighted by molar-refractivity contribution is 0.178. The Balaban J connectivity index is 1.85. The monoisotopic (exact) mass is 349 g/mol. The van der Waals surface area contributed by atoms with Crippen molar-refractivity contribution in [2.75, 3.05) is 0 Å². The van der Waals surface area contributed by atoms with Gasteiger partial charge in [0.1, 0.15) is 11.5 Å². The summed E-state index contributed by atoms with van der Waals surface area (Å²) in [6.07, 6.45) is 0. The molecule has 0 radical (unpaired) electrons. The number of aromatic hydroxyl groups is 2. The molecule has 0 saturated heterocycles. The second-order valence-electron chi connectivity index (χ2n) is 6.99. The fourth-order valence-corrected chi connectivity index (χ4v) is 4.63. The lowest BCUT2D eigenvalue weighted by atomic mass is 9.62. The normalized spacial score (nSPS) is 14.8. The largest absolute Gasteiger partial charge is 0.546 e. The van der Waals surface area contributed by atoms with Crippen molar-refractivity contribution in [1.82, 2.24) is 0 Å². The molecule has 0 amide bonds. The first-order valence-electron chi connectivity index (χ1n) is 9.16. The van der Waals surface area contributed by atoms with Gasteiger partial charge in [-0.05, 0) is 24.3 Å². The van der Waals surface area contributed by atoms with Gasteiger partial charge in [-0.15, -0.1) is 0 Å². The Morgan fingerprint density at radius 1 is 0.481 bits per heavy atom. The lowest BCUT2D eigenvalue weighted by Gasteiger charge is -2.42. The van der Waals surface area contributed by atoms with Crippen molar-refractivity contribution >= 4 is 0 Å². The highest BCUT2D eigenvalue weighted by Crippen LogP contribution is 2.61. The molecule has 2 aliphatic rings. The molecule has 2 heteroatoms. The molecule has 128 valence electrons. The summed E-state index contributed by atoms with van der Waals surface area (Å²) >= 11 is 0. The van der Waals surface area contributed by atoms with Crippen LogP contribution in [0.5, 0.6) is 23.0 Å². The van der Waals surface area contributed by atoms with Crippen LogP contribution < -0.4 is 4.74 Å². The zero-order valence-electron chi connectivity index (χ0n) is 14.6. The number of para-hydroxylation sites is 4. The maximum atomic E-state index is 6.30. The van der Waals surface area contributed by atoms with Gasteiger partial charge in [0.15, 0.2) is 0 Å². The van der Waals surface area contributed by atoms with Gasteiger partial charge in [0.2, 0.25) is 0 Å². The van der Waals surface area contributed by atoms with Gasteiger partial charge < -0.3 is 9.47 Å². The minimum atomic E-state index is -0.430. The Labute approximate surface area is 157 Å². The van der Waals surface area contributed by atoms with E-state index in [2.05, 4.69) is 84.9 Å². The lowest BCUT2D eigenvalue weighted by Crippen LogP contribution is -2.36. The third-order valence-electron chi connectivity index (χ3n) is 5.66. The van der Waals surface area contributed by atoms with Crippen molar-refractivity contribution in [3.63, 3.8) is 0 Å². The van der Waals surface area contributed by atoms with E-state index < -0.39 is 5.41 Å². The first-order valence-corrected chi connectivity index (χ1v) is 9.16. The highest BCUT2D eigenvalue weighted by atomic mass is 16.5. The van der Waals surface area contributed by atoms with E-state index in [0.29, 0.717) is 0 Å². The van der Waals surface area contributed by atoms with Gasteiger partial charge in [0, 0.05) is 23.3 Å². The number of hydrogen-bond donors (Lipinski definition) is 0. The zero-order valence-corrected chi connectivity index (χ0v) is 14.6. The van der Waals surface area contributed by atoms with Gasteiger partial charge in [-0.1, -0.05) is 60.7 Å². The number of benzene rings is 4. The summed E-state index contributed by atoms with van der Waals surface area (Å²) in [6.45, 7) is 0. The molecule has 0 aromatic heterocycles. The number of rotatable bonds is 0. The first-order chi connectivity index (χ1) is 13.4. The standard InChI is InChI=1S/C25H16O2/c1-5-13-21-17(9-1)25(18-10-2-6-14-22(18)26-21)19-11-3-7-15-23(19)27-24-16-8-4-12-20(24)25/h1-16H/p+1. The number of hydrogen-bond acceptors (Lipinski definition) is 1. The molecule has 2 nitrogen and oxygen atoms in total. The quantitative estimate of drug-likeness (QED) is 0.302. The fraction of sp³-hybridized carbons (Fsp3) is 0.0400. The average molecular weight is 349 g/mol. The Kier molecular flexibility index (Phi) is 2.84. The summed E-state index contributed by atoms with van der Waals surface area (Å²) in [5.74, 6) is 3.84. The SMILES string of the molecule is c1ccc2c(c1)Oc1ccccc1C21c2ccccc2[OH+]c2ccccc21. The summed E-state index contributed by atoms with van der Waals surface area (Å²) in [4.78, 5) is 0. The molecule has 1 N–H and O–H groups in total. The van der Waals surface area contributed by atoms with Gasteiger partial charge in [0.25, 0.3) is 11.5 Å². The second kappa shape index (κ2) is 5.24. The minimum absolute atomic E-state index is 0.430. The van der Waals surface area contributed by atoms with Gasteiger partial charge in [-0.2, -0.15) is 0 Å². The molecule has 2 aliphatic heterocycles. The Morgan fingerprint density at radius 3 is 1.41 bits per heavy atom. The minimum Gasteiger partial charge on any atom is -0.546 e. The van der Waals surface area contributed by atoms with Crippen LogP contribution in [0.25, 0.3) is 0 Å². The summed E-state index contributed by atoms with van der Waals surface area (Å²) in [6, 6.07) is 33.7. The number of ether oxygens (including phenoxy) is 2. The average Bonchev–Trinajstić information content (AvgIpc) is 2.73. The Morgan fingerprint density at radius 2 is 0.889 bits per heavy atom. The van der Waals surface area contributed by atoms with E-state index in [1.54, 1.807) is 0 Å². The molecule has 6 rings (SSSR count). The van der Waals surface area contributed by atoms with Gasteiger partial charge in [-0.3, -0.25) is 0 Å². The molecular formula is C25H17O2+. The molecule has 0 unspecified atom stereocenters. The van der Waals surface area contributed by atoms with Crippen LogP contribution in [0.3, 0.4) is 0 Å². The van der Waals surface area contributed by atoms with Gasteiger partial charge in [-0.25, -0.2) is 0 Å². The van der Waals surface area contributed by atoms with Crippen molar-refractivity contribution < 1.29 is 9.47 Å². The van der Waals surface area contributed by atoms with E-state index in [-0.39, 0.29) is 0 Å². The molecule has 0 bridgehead atoms. The predicted molar refractivity (Wildman–Crippen MR) is 106 cm³/mol. The van der Waals surface area contributed by atoms with Crippen molar-refractivity contribution in [2.45, 2.75) is 5.41 Å². The van der Waals surface area contributed by atoms with E-state index in [0.717, 1.165) is 23.0 Å². The maximum absolute atomic E-state index is 6.30. The summed E-state index contributed by atoms with van der Waals surface area (Å²) in [7, 11) is 0. The summed E-state index contributed by atoms with van der Waals surface area (Å²) in [5.41, 5.74) is 4.30. The van der Waals surface area contributed by atoms with Crippen LogP contribution in [-0.4, -0.2) is 4.74 Å². The van der Waals surface area contributed by atoms with E-state index in [4.69, 9.17) is 9.47 Å². The molecular weight excluding hydrogens is 332 g/mol. The van der Waals surface area contributed by atoms with Crippen molar-refractivity contribution in [3.8, 4) is 23.0 Å². The molecule has 1 spiro atoms. The zero-order chi connectivity index (χ0) is 17.8. The second-order valence-corrected chi connectivity index (χ2v) is 6.99. The predicted octanol–water partition coefficient (Wildman–Crippen LogP) is 6.14. The molecule has 0 aliphatic carbocycles. The third-order valence-corrected chi connectivity index (χ3v) is 5.66. The molecule has 4 aromatic carbocycles. The molecule has 0 saturated carbocycles. The van der Waals surface area contributed by atoms with Gasteiger partial charge >= 0.3 is 0 Å². The van der Waals surface area contributed by atoms with Crippen LogP contribution in [0.15, 0.2) is 97.1 Å². The maximum Gasteiger partial charge on any atom is 0.265 e. The van der Waals surface area contributed by atoms with Crippen LogP contribution in [0.1, 0.15) is 22.3 Å². The van der Waals surface area contributed by atoms with Crippen LogP contribution in [0, 0.1) is 0 Å². The van der Waals surface area contributed by atoms with Crippen molar-refractivity contribution in [3.05, 3.63) is 119 Å². The summed E-state index contributed by atoms with van der Waals surface area (Å²) in [5, 5.41) is 0. The molecule has 2 heterocycles. The van der Waals surface area contributed by atoms with Crippen LogP contribution in [0.4, 0.5) is 0 Å². The van der Waals surface area contributed by atoms with E-state index in [9.17, 15) is 0 Å². The molecule has 0 atom stereocenters. The molecule has 0 fully saturated rings. The molecule has 4 aromatic rings. The number of fused-ring (bicyclic) bond motifs is 8. The fourth-order valence-electron chi connectivity index (χ4n) is 4.63. The van der Waals surface area contributed by atoms with Crippen molar-refractivity contribution in [1.29, 1.82) is 0 Å². The highest BCUT2D eigenvalue weighted by molar-refractivity contribution is 5.74. The Hall–Kier alpha value is -3.52. The molecule has 27 heavy (non-hydrogen) atoms. The van der Waals surface area contributed by atoms with E-state index >= 15 is 0 Å². The smallest absolute Gasteiger partial charge is 0.265 e. The van der Waals surface area contributed by atoms with Crippen LogP contribution in [0.2, 0.25) is 0 Å². The van der Waals surface area contributed by atoms with E-state index in [1.807, 2.05) is 12.1 Å². The van der Waals surface area contributed by atoms with E-state index in [1.165, 1.54) is 22.3 Å². The highest BCUT2D eigenvalue weighted by Gasteiger charge is 2.52. The third kappa shape index (κ3) is 1.79. The topological polar surface area (TPSA) is 22.0 Å². The summed E-state index contributed by atoms with van der Waals surface area (Å²) < 4.78 is 11.3. The van der Waals surface area contributed by atoms with Gasteiger partial charge in [0.05, 0.1) is 16.5 Å². The Bertz CT molecular complexity index is 1000. The van der Waals surface area contributed by atoms with Crippen molar-refractivity contribution in [2.24, 2.45) is 0 Å². The van der Waals surface area contributed by atoms with Crippen LogP contribution >= 0.6 is 0 Å². The first kappa shape index (κ1) is 14.6. The van der Waals surface area contributed by atoms with Crippen LogP contribution in [-0.2, 0) is 5.41 Å².